The number of rotatable bonds is 5. The van der Waals surface area contributed by atoms with E-state index in [0.29, 0.717) is 28.7 Å². The number of aryl methyl sites for hydroxylation is 2. The van der Waals surface area contributed by atoms with Crippen molar-refractivity contribution in [3.05, 3.63) is 82.2 Å². The van der Waals surface area contributed by atoms with Gasteiger partial charge >= 0.3 is 5.69 Å². The third-order valence-corrected chi connectivity index (χ3v) is 5.58. The van der Waals surface area contributed by atoms with Gasteiger partial charge < -0.3 is 4.98 Å². The molecule has 0 amide bonds. The van der Waals surface area contributed by atoms with Crippen LogP contribution in [0.5, 0.6) is 0 Å². The maximum absolute atomic E-state index is 12.7. The lowest BCUT2D eigenvalue weighted by atomic mass is 9.97. The van der Waals surface area contributed by atoms with Crippen molar-refractivity contribution in [2.24, 2.45) is 0 Å². The van der Waals surface area contributed by atoms with Crippen molar-refractivity contribution < 1.29 is 0 Å². The molecule has 9 heteroatoms. The summed E-state index contributed by atoms with van der Waals surface area (Å²) in [5.41, 5.74) is 5.63. The lowest BCUT2D eigenvalue weighted by Gasteiger charge is -2.11. The Labute approximate surface area is 190 Å². The molecule has 0 aliphatic rings. The molecule has 5 rings (SSSR count). The zero-order valence-electron chi connectivity index (χ0n) is 18.9. The van der Waals surface area contributed by atoms with Gasteiger partial charge in [-0.1, -0.05) is 38.1 Å². The lowest BCUT2D eigenvalue weighted by Crippen LogP contribution is -2.19. The van der Waals surface area contributed by atoms with Crippen molar-refractivity contribution in [3.8, 4) is 17.1 Å². The molecule has 0 aliphatic heterocycles. The van der Waals surface area contributed by atoms with Crippen LogP contribution in [0.25, 0.3) is 28.2 Å². The van der Waals surface area contributed by atoms with Gasteiger partial charge in [-0.3, -0.25) is 4.57 Å². The summed E-state index contributed by atoms with van der Waals surface area (Å²) >= 11 is 0. The Morgan fingerprint density at radius 3 is 2.48 bits per heavy atom. The van der Waals surface area contributed by atoms with E-state index in [4.69, 9.17) is 4.98 Å². The van der Waals surface area contributed by atoms with Gasteiger partial charge in [-0.2, -0.15) is 5.10 Å². The molecule has 0 unspecified atom stereocenters. The minimum absolute atomic E-state index is 0.193. The van der Waals surface area contributed by atoms with Gasteiger partial charge in [0.25, 0.3) is 0 Å². The van der Waals surface area contributed by atoms with Crippen LogP contribution in [0, 0.1) is 13.8 Å². The molecular weight excluding hydrogens is 416 g/mol. The summed E-state index contributed by atoms with van der Waals surface area (Å²) in [5, 5.41) is 4.46. The number of fused-ring (bicyclic) bond motifs is 1. The number of benzene rings is 1. The second-order valence-electron chi connectivity index (χ2n) is 8.39. The second-order valence-corrected chi connectivity index (χ2v) is 8.39. The standard InChI is InChI=1S/C24H24N8O/c1-14(2)18-7-5-6-8-19(18)22-27-12-20-23(29-22)31(24(33)28-20)13-21-25-10-17(11-26-21)32-16(4)9-15(3)30-32/h5-12,14H,13H2,1-4H3,(H,28,33). The van der Waals surface area contributed by atoms with Crippen LogP contribution < -0.4 is 5.69 Å². The molecule has 0 bridgehead atoms. The number of imidazole rings is 1. The molecule has 0 fully saturated rings. The topological polar surface area (TPSA) is 107 Å². The van der Waals surface area contributed by atoms with Crippen LogP contribution in [0.3, 0.4) is 0 Å². The zero-order chi connectivity index (χ0) is 23.1. The van der Waals surface area contributed by atoms with Crippen molar-refractivity contribution in [2.45, 2.75) is 40.2 Å². The van der Waals surface area contributed by atoms with E-state index in [-0.39, 0.29) is 12.2 Å². The summed E-state index contributed by atoms with van der Waals surface area (Å²) in [4.78, 5) is 33.6. The molecule has 1 aromatic carbocycles. The van der Waals surface area contributed by atoms with Gasteiger partial charge in [-0.05, 0) is 31.4 Å². The van der Waals surface area contributed by atoms with Gasteiger partial charge in [0.05, 0.1) is 30.8 Å². The van der Waals surface area contributed by atoms with Gasteiger partial charge in [-0.25, -0.2) is 29.4 Å². The van der Waals surface area contributed by atoms with E-state index in [2.05, 4.69) is 44.9 Å². The Hall–Kier alpha value is -4.14. The number of nitrogens with zero attached hydrogens (tertiary/aromatic N) is 7. The van der Waals surface area contributed by atoms with E-state index < -0.39 is 0 Å². The van der Waals surface area contributed by atoms with Gasteiger partial charge in [0.15, 0.2) is 11.5 Å². The first-order chi connectivity index (χ1) is 15.9. The van der Waals surface area contributed by atoms with Gasteiger partial charge in [0, 0.05) is 11.3 Å². The van der Waals surface area contributed by atoms with E-state index in [0.717, 1.165) is 28.2 Å². The fourth-order valence-electron chi connectivity index (χ4n) is 4.00. The molecule has 166 valence electrons. The molecule has 0 aliphatic carbocycles. The third-order valence-electron chi connectivity index (χ3n) is 5.58. The second kappa shape index (κ2) is 8.09. The Kier molecular flexibility index (Phi) is 5.08. The SMILES string of the molecule is Cc1cc(C)n(-c2cnc(Cn3c(=O)[nH]c4cnc(-c5ccccc5C(C)C)nc43)nc2)n1. The molecule has 4 heterocycles. The van der Waals surface area contributed by atoms with Crippen LogP contribution in [0.1, 0.15) is 42.5 Å². The van der Waals surface area contributed by atoms with Crippen LogP contribution in [0.15, 0.2) is 53.7 Å². The monoisotopic (exact) mass is 440 g/mol. The smallest absolute Gasteiger partial charge is 0.303 e. The van der Waals surface area contributed by atoms with Crippen LogP contribution >= 0.6 is 0 Å². The molecule has 0 radical (unpaired) electrons. The number of hydrogen-bond donors (Lipinski definition) is 1. The fourth-order valence-corrected chi connectivity index (χ4v) is 4.00. The van der Waals surface area contributed by atoms with Crippen LogP contribution in [-0.4, -0.2) is 39.3 Å². The summed E-state index contributed by atoms with van der Waals surface area (Å²) in [6.07, 6.45) is 5.07. The molecule has 1 N–H and O–H groups in total. The van der Waals surface area contributed by atoms with Crippen molar-refractivity contribution in [3.63, 3.8) is 0 Å². The average Bonchev–Trinajstić information content (AvgIpc) is 3.31. The fraction of sp³-hybridized carbons (Fsp3) is 0.250. The van der Waals surface area contributed by atoms with Gasteiger partial charge in [0.1, 0.15) is 17.0 Å². The van der Waals surface area contributed by atoms with Crippen LogP contribution in [0.4, 0.5) is 0 Å². The van der Waals surface area contributed by atoms with E-state index >= 15 is 0 Å². The first-order valence-corrected chi connectivity index (χ1v) is 10.8. The van der Waals surface area contributed by atoms with Crippen LogP contribution in [0.2, 0.25) is 0 Å². The molecule has 5 aromatic rings. The first kappa shape index (κ1) is 20.7. The number of aromatic amines is 1. The molecule has 0 saturated heterocycles. The highest BCUT2D eigenvalue weighted by Gasteiger charge is 2.15. The van der Waals surface area contributed by atoms with Crippen LogP contribution in [-0.2, 0) is 6.54 Å². The molecule has 4 aromatic heterocycles. The zero-order valence-corrected chi connectivity index (χ0v) is 18.9. The van der Waals surface area contributed by atoms with Crippen molar-refractivity contribution in [1.82, 2.24) is 39.3 Å². The third kappa shape index (κ3) is 3.82. The lowest BCUT2D eigenvalue weighted by molar-refractivity contribution is 0.723. The summed E-state index contributed by atoms with van der Waals surface area (Å²) in [5.74, 6) is 1.41. The number of hydrogen-bond acceptors (Lipinski definition) is 6. The molecule has 9 nitrogen and oxygen atoms in total. The molecule has 0 saturated carbocycles. The van der Waals surface area contributed by atoms with E-state index in [1.165, 1.54) is 4.57 Å². The maximum Gasteiger partial charge on any atom is 0.328 e. The average molecular weight is 441 g/mol. The predicted molar refractivity (Wildman–Crippen MR) is 125 cm³/mol. The summed E-state index contributed by atoms with van der Waals surface area (Å²) in [7, 11) is 0. The minimum atomic E-state index is -0.278. The summed E-state index contributed by atoms with van der Waals surface area (Å²) < 4.78 is 3.33. The predicted octanol–water partition coefficient (Wildman–Crippen LogP) is 3.55. The van der Waals surface area contributed by atoms with E-state index in [9.17, 15) is 4.79 Å². The highest BCUT2D eigenvalue weighted by atomic mass is 16.1. The normalized spacial score (nSPS) is 11.5. The Balaban J connectivity index is 1.51. The Bertz CT molecular complexity index is 1510. The highest BCUT2D eigenvalue weighted by molar-refractivity contribution is 5.73. The minimum Gasteiger partial charge on any atom is -0.303 e. The Morgan fingerprint density at radius 2 is 1.79 bits per heavy atom. The maximum atomic E-state index is 12.7. The molecule has 33 heavy (non-hydrogen) atoms. The molecular formula is C24H24N8O. The summed E-state index contributed by atoms with van der Waals surface area (Å²) in [6, 6.07) is 10.1. The Morgan fingerprint density at radius 1 is 1.03 bits per heavy atom. The van der Waals surface area contributed by atoms with Crippen molar-refractivity contribution in [1.29, 1.82) is 0 Å². The summed E-state index contributed by atoms with van der Waals surface area (Å²) in [6.45, 7) is 8.39. The van der Waals surface area contributed by atoms with Gasteiger partial charge in [-0.15, -0.1) is 0 Å². The van der Waals surface area contributed by atoms with E-state index in [1.54, 1.807) is 23.3 Å². The first-order valence-electron chi connectivity index (χ1n) is 10.8. The van der Waals surface area contributed by atoms with Crippen molar-refractivity contribution in [2.75, 3.05) is 0 Å². The quantitative estimate of drug-likeness (QED) is 0.448. The van der Waals surface area contributed by atoms with Gasteiger partial charge in [0.2, 0.25) is 0 Å². The largest absolute Gasteiger partial charge is 0.328 e. The van der Waals surface area contributed by atoms with Crippen molar-refractivity contribution >= 4 is 11.2 Å². The molecule has 0 atom stereocenters. The number of H-pyrrole nitrogens is 1. The number of nitrogens with one attached hydrogen (secondary N) is 1. The number of aromatic nitrogens is 8. The highest BCUT2D eigenvalue weighted by Crippen LogP contribution is 2.27. The van der Waals surface area contributed by atoms with E-state index in [1.807, 2.05) is 38.1 Å². The molecule has 0 spiro atoms.